The Hall–Kier alpha value is -1.71. The van der Waals surface area contributed by atoms with Crippen LogP contribution < -0.4 is 5.32 Å². The molecule has 2 aromatic heterocycles. The standard InChI is InChI=1S/C17H22N4O3S2/c1-9-14(11(3)22)10(2)19-15(9)13(23)8-25-17-21-20-16(26-17)18-7-12-5-4-6-24-12/h12,19H,4-8H2,1-3H3,(H,18,20)/t12-/m1/s1. The van der Waals surface area contributed by atoms with E-state index in [9.17, 15) is 9.59 Å². The second kappa shape index (κ2) is 8.32. The number of rotatable bonds is 8. The van der Waals surface area contributed by atoms with Gasteiger partial charge in [-0.05, 0) is 39.2 Å². The number of anilines is 1. The number of hydrogen-bond donors (Lipinski definition) is 2. The normalized spacial score (nSPS) is 16.8. The third-order valence-corrected chi connectivity index (χ3v) is 6.32. The molecule has 1 aliphatic rings. The van der Waals surface area contributed by atoms with Gasteiger partial charge in [0.1, 0.15) is 0 Å². The minimum atomic E-state index is -0.0489. The number of carbonyl (C=O) groups is 2. The Morgan fingerprint density at radius 2 is 2.19 bits per heavy atom. The number of nitrogens with one attached hydrogen (secondary N) is 2. The molecular weight excluding hydrogens is 372 g/mol. The number of ether oxygens (including phenoxy) is 1. The predicted octanol–water partition coefficient (Wildman–Crippen LogP) is 3.25. The van der Waals surface area contributed by atoms with Crippen LogP contribution in [-0.4, -0.2) is 51.8 Å². The van der Waals surface area contributed by atoms with Crippen molar-refractivity contribution < 1.29 is 14.3 Å². The van der Waals surface area contributed by atoms with Gasteiger partial charge in [-0.25, -0.2) is 0 Å². The number of thioether (sulfide) groups is 1. The molecule has 2 aromatic rings. The third kappa shape index (κ3) is 4.33. The topological polar surface area (TPSA) is 97.0 Å². The van der Waals surface area contributed by atoms with Crippen LogP contribution >= 0.6 is 23.1 Å². The average Bonchev–Trinajstić information content (AvgIpc) is 3.31. The molecule has 140 valence electrons. The molecule has 0 amide bonds. The van der Waals surface area contributed by atoms with Gasteiger partial charge in [0, 0.05) is 24.4 Å². The number of hydrogen-bond acceptors (Lipinski definition) is 8. The fourth-order valence-corrected chi connectivity index (χ4v) is 4.73. The molecule has 0 unspecified atom stereocenters. The molecule has 26 heavy (non-hydrogen) atoms. The second-order valence-corrected chi connectivity index (χ2v) is 8.48. The molecule has 7 nitrogen and oxygen atoms in total. The Morgan fingerprint density at radius 3 is 2.85 bits per heavy atom. The number of nitrogens with zero attached hydrogens (tertiary/aromatic N) is 2. The van der Waals surface area contributed by atoms with Crippen molar-refractivity contribution in [2.75, 3.05) is 24.2 Å². The zero-order valence-corrected chi connectivity index (χ0v) is 16.7. The van der Waals surface area contributed by atoms with Crippen LogP contribution in [0.3, 0.4) is 0 Å². The summed E-state index contributed by atoms with van der Waals surface area (Å²) in [6, 6.07) is 0. The van der Waals surface area contributed by atoms with Crippen LogP contribution in [0.4, 0.5) is 5.13 Å². The molecule has 0 radical (unpaired) electrons. The maximum atomic E-state index is 12.5. The van der Waals surface area contributed by atoms with Gasteiger partial charge in [-0.15, -0.1) is 10.2 Å². The van der Waals surface area contributed by atoms with E-state index in [0.29, 0.717) is 11.3 Å². The molecule has 0 aliphatic carbocycles. The molecule has 0 saturated carbocycles. The summed E-state index contributed by atoms with van der Waals surface area (Å²) in [5, 5.41) is 12.2. The lowest BCUT2D eigenvalue weighted by atomic mass is 10.1. The molecule has 0 spiro atoms. The number of ketones is 2. The molecule has 1 aliphatic heterocycles. The third-order valence-electron chi connectivity index (χ3n) is 4.31. The van der Waals surface area contributed by atoms with Gasteiger partial charge >= 0.3 is 0 Å². The van der Waals surface area contributed by atoms with Crippen LogP contribution in [0.5, 0.6) is 0 Å². The first-order valence-corrected chi connectivity index (χ1v) is 10.3. The van der Waals surface area contributed by atoms with Gasteiger partial charge in [0.2, 0.25) is 5.13 Å². The summed E-state index contributed by atoms with van der Waals surface area (Å²) in [5.74, 6) is 0.166. The fourth-order valence-electron chi connectivity index (χ4n) is 3.10. The smallest absolute Gasteiger partial charge is 0.206 e. The highest BCUT2D eigenvalue weighted by Crippen LogP contribution is 2.27. The number of aromatic amines is 1. The molecule has 1 saturated heterocycles. The van der Waals surface area contributed by atoms with Gasteiger partial charge in [0.05, 0.1) is 17.6 Å². The second-order valence-electron chi connectivity index (χ2n) is 6.28. The highest BCUT2D eigenvalue weighted by Gasteiger charge is 2.20. The Balaban J connectivity index is 1.55. The Bertz CT molecular complexity index is 809. The van der Waals surface area contributed by atoms with Gasteiger partial charge in [0.25, 0.3) is 0 Å². The zero-order chi connectivity index (χ0) is 18.7. The molecule has 3 rings (SSSR count). The van der Waals surface area contributed by atoms with Gasteiger partial charge in [-0.1, -0.05) is 23.1 Å². The minimum absolute atomic E-state index is 0.0333. The van der Waals surface area contributed by atoms with Crippen molar-refractivity contribution in [3.63, 3.8) is 0 Å². The number of aromatic nitrogens is 3. The van der Waals surface area contributed by atoms with Crippen LogP contribution in [-0.2, 0) is 4.74 Å². The van der Waals surface area contributed by atoms with Crippen molar-refractivity contribution in [1.82, 2.24) is 15.2 Å². The summed E-state index contributed by atoms with van der Waals surface area (Å²) in [6.07, 6.45) is 2.42. The van der Waals surface area contributed by atoms with E-state index >= 15 is 0 Å². The van der Waals surface area contributed by atoms with Crippen molar-refractivity contribution in [2.24, 2.45) is 0 Å². The van der Waals surface area contributed by atoms with Gasteiger partial charge < -0.3 is 15.0 Å². The first-order valence-electron chi connectivity index (χ1n) is 8.50. The number of H-pyrrole nitrogens is 1. The largest absolute Gasteiger partial charge is 0.376 e. The van der Waals surface area contributed by atoms with E-state index in [0.717, 1.165) is 46.7 Å². The first-order chi connectivity index (χ1) is 12.5. The predicted molar refractivity (Wildman–Crippen MR) is 103 cm³/mol. The highest BCUT2D eigenvalue weighted by molar-refractivity contribution is 8.01. The van der Waals surface area contributed by atoms with Crippen LogP contribution in [0.1, 0.15) is 51.9 Å². The van der Waals surface area contributed by atoms with Crippen molar-refractivity contribution in [1.29, 1.82) is 0 Å². The van der Waals surface area contributed by atoms with Crippen LogP contribution in [0.15, 0.2) is 4.34 Å². The summed E-state index contributed by atoms with van der Waals surface area (Å²) in [5.41, 5.74) is 2.56. The van der Waals surface area contributed by atoms with Crippen molar-refractivity contribution in [2.45, 2.75) is 44.1 Å². The van der Waals surface area contributed by atoms with Crippen LogP contribution in [0.2, 0.25) is 0 Å². The van der Waals surface area contributed by atoms with E-state index in [2.05, 4.69) is 20.5 Å². The highest BCUT2D eigenvalue weighted by atomic mass is 32.2. The Morgan fingerprint density at radius 1 is 1.38 bits per heavy atom. The molecular formula is C17H22N4O3S2. The van der Waals surface area contributed by atoms with E-state index in [4.69, 9.17) is 4.74 Å². The lowest BCUT2D eigenvalue weighted by molar-refractivity contribution is 0.101. The lowest BCUT2D eigenvalue weighted by Crippen LogP contribution is -2.18. The van der Waals surface area contributed by atoms with E-state index in [1.54, 1.807) is 6.92 Å². The molecule has 0 bridgehead atoms. The molecule has 3 heterocycles. The molecule has 9 heteroatoms. The monoisotopic (exact) mass is 394 g/mol. The average molecular weight is 395 g/mol. The number of Topliss-reactive ketones (excluding diaryl/α,β-unsaturated/α-hetero) is 2. The maximum absolute atomic E-state index is 12.5. The molecule has 2 N–H and O–H groups in total. The molecule has 0 aromatic carbocycles. The Labute approximate surface area is 160 Å². The molecule has 1 fully saturated rings. The zero-order valence-electron chi connectivity index (χ0n) is 15.0. The van der Waals surface area contributed by atoms with E-state index in [-0.39, 0.29) is 23.4 Å². The number of aryl methyl sites for hydroxylation is 1. The quantitative estimate of drug-likeness (QED) is 0.524. The Kier molecular flexibility index (Phi) is 6.10. The van der Waals surface area contributed by atoms with Crippen molar-refractivity contribution >= 4 is 39.8 Å². The van der Waals surface area contributed by atoms with Gasteiger partial charge in [-0.3, -0.25) is 9.59 Å². The van der Waals surface area contributed by atoms with E-state index < -0.39 is 0 Å². The van der Waals surface area contributed by atoms with Crippen LogP contribution in [0.25, 0.3) is 0 Å². The summed E-state index contributed by atoms with van der Waals surface area (Å²) in [7, 11) is 0. The summed E-state index contributed by atoms with van der Waals surface area (Å²) in [4.78, 5) is 27.2. The maximum Gasteiger partial charge on any atom is 0.206 e. The van der Waals surface area contributed by atoms with Crippen LogP contribution in [0, 0.1) is 13.8 Å². The van der Waals surface area contributed by atoms with Crippen molar-refractivity contribution in [3.8, 4) is 0 Å². The summed E-state index contributed by atoms with van der Waals surface area (Å²) >= 11 is 2.78. The minimum Gasteiger partial charge on any atom is -0.376 e. The summed E-state index contributed by atoms with van der Waals surface area (Å²) in [6.45, 7) is 6.68. The molecule has 1 atom stereocenters. The van der Waals surface area contributed by atoms with E-state index in [1.165, 1.54) is 30.0 Å². The fraction of sp³-hybridized carbons (Fsp3) is 0.529. The van der Waals surface area contributed by atoms with Crippen molar-refractivity contribution in [3.05, 3.63) is 22.5 Å². The van der Waals surface area contributed by atoms with Gasteiger partial charge in [-0.2, -0.15) is 0 Å². The summed E-state index contributed by atoms with van der Waals surface area (Å²) < 4.78 is 6.30. The number of carbonyl (C=O) groups excluding carboxylic acids is 2. The SMILES string of the molecule is CC(=O)c1c(C)[nH]c(C(=O)CSc2nnc(NC[C@H]3CCCO3)s2)c1C. The lowest BCUT2D eigenvalue weighted by Gasteiger charge is -2.08. The first kappa shape index (κ1) is 19.1. The van der Waals surface area contributed by atoms with E-state index in [1.807, 2.05) is 6.92 Å². The van der Waals surface area contributed by atoms with Gasteiger partial charge in [0.15, 0.2) is 15.9 Å².